The third-order valence-electron chi connectivity index (χ3n) is 4.59. The Kier molecular flexibility index (Phi) is 5.20. The highest BCUT2D eigenvalue weighted by Gasteiger charge is 2.30. The maximum atomic E-state index is 12.6. The number of carbonyl (C=O) groups excluding carboxylic acids is 1. The minimum Gasteiger partial charge on any atom is -0.493 e. The van der Waals surface area contributed by atoms with Crippen molar-refractivity contribution in [1.82, 2.24) is 5.32 Å². The molecule has 1 N–H and O–H groups in total. The Bertz CT molecular complexity index is 771. The van der Waals surface area contributed by atoms with Crippen LogP contribution in [0, 0.1) is 0 Å². The van der Waals surface area contributed by atoms with E-state index in [-0.39, 0.29) is 24.3 Å². The van der Waals surface area contributed by atoms with Gasteiger partial charge < -0.3 is 10.1 Å². The summed E-state index contributed by atoms with van der Waals surface area (Å²) in [7, 11) is 0. The zero-order valence-electron chi connectivity index (χ0n) is 14.3. The minimum atomic E-state index is -4.35. The number of hydrogen-bond acceptors (Lipinski definition) is 2. The smallest absolute Gasteiger partial charge is 0.416 e. The van der Waals surface area contributed by atoms with Crippen molar-refractivity contribution in [1.29, 1.82) is 0 Å². The molecule has 3 rings (SSSR count). The average Bonchev–Trinajstić information content (AvgIpc) is 2.61. The van der Waals surface area contributed by atoms with Gasteiger partial charge in [-0.05, 0) is 29.7 Å². The summed E-state index contributed by atoms with van der Waals surface area (Å²) in [6.45, 7) is 2.37. The van der Waals surface area contributed by atoms with Gasteiger partial charge in [-0.3, -0.25) is 4.79 Å². The molecule has 1 amide bonds. The summed E-state index contributed by atoms with van der Waals surface area (Å²) < 4.78 is 43.5. The van der Waals surface area contributed by atoms with Gasteiger partial charge in [-0.25, -0.2) is 0 Å². The molecular formula is C20H20F3NO2. The summed E-state index contributed by atoms with van der Waals surface area (Å²) in [5.74, 6) is 0.478. The third-order valence-corrected chi connectivity index (χ3v) is 4.59. The zero-order valence-corrected chi connectivity index (χ0v) is 14.3. The molecule has 2 aromatic carbocycles. The Morgan fingerprint density at radius 1 is 1.19 bits per heavy atom. The number of halogens is 3. The van der Waals surface area contributed by atoms with E-state index in [9.17, 15) is 18.0 Å². The van der Waals surface area contributed by atoms with Crippen LogP contribution in [0.15, 0.2) is 48.5 Å². The SMILES string of the molecule is CC(CC(=O)NC1CCOc2ccccc21)c1ccc(C(F)(F)F)cc1. The standard InChI is InChI=1S/C20H20F3NO2/c1-13(14-6-8-15(9-7-14)20(21,22)23)12-19(25)24-17-10-11-26-18-5-3-2-4-16(17)18/h2-9,13,17H,10-12H2,1H3,(H,24,25). The van der Waals surface area contributed by atoms with Crippen molar-refractivity contribution in [2.75, 3.05) is 6.61 Å². The van der Waals surface area contributed by atoms with Crippen LogP contribution in [0.4, 0.5) is 13.2 Å². The minimum absolute atomic E-state index is 0.104. The van der Waals surface area contributed by atoms with Gasteiger partial charge in [0.1, 0.15) is 5.75 Å². The van der Waals surface area contributed by atoms with Gasteiger partial charge in [0.05, 0.1) is 18.2 Å². The number of para-hydroxylation sites is 1. The van der Waals surface area contributed by atoms with E-state index in [1.165, 1.54) is 12.1 Å². The van der Waals surface area contributed by atoms with E-state index in [1.807, 2.05) is 31.2 Å². The highest BCUT2D eigenvalue weighted by atomic mass is 19.4. The van der Waals surface area contributed by atoms with Crippen LogP contribution in [-0.2, 0) is 11.0 Å². The Labute approximate surface area is 150 Å². The van der Waals surface area contributed by atoms with Crippen LogP contribution >= 0.6 is 0 Å². The maximum absolute atomic E-state index is 12.6. The predicted octanol–water partition coefficient (Wildman–Crippen LogP) is 4.84. The molecule has 0 aliphatic carbocycles. The fourth-order valence-corrected chi connectivity index (χ4v) is 3.14. The number of amides is 1. The van der Waals surface area contributed by atoms with E-state index < -0.39 is 11.7 Å². The number of carbonyl (C=O) groups is 1. The summed E-state index contributed by atoms with van der Waals surface area (Å²) >= 11 is 0. The van der Waals surface area contributed by atoms with E-state index in [0.29, 0.717) is 18.6 Å². The van der Waals surface area contributed by atoms with Crippen molar-refractivity contribution in [2.45, 2.75) is 37.9 Å². The Balaban J connectivity index is 1.62. The lowest BCUT2D eigenvalue weighted by Crippen LogP contribution is -2.32. The molecule has 138 valence electrons. The summed E-state index contributed by atoms with van der Waals surface area (Å²) in [5, 5.41) is 3.01. The highest BCUT2D eigenvalue weighted by Crippen LogP contribution is 2.33. The number of alkyl halides is 3. The van der Waals surface area contributed by atoms with Gasteiger partial charge in [0.15, 0.2) is 0 Å². The molecule has 2 unspecified atom stereocenters. The first-order valence-corrected chi connectivity index (χ1v) is 8.53. The summed E-state index contributed by atoms with van der Waals surface area (Å²) in [4.78, 5) is 12.4. The topological polar surface area (TPSA) is 38.3 Å². The Morgan fingerprint density at radius 3 is 2.58 bits per heavy atom. The van der Waals surface area contributed by atoms with Gasteiger partial charge in [-0.2, -0.15) is 13.2 Å². The maximum Gasteiger partial charge on any atom is 0.416 e. The molecule has 3 nitrogen and oxygen atoms in total. The highest BCUT2D eigenvalue weighted by molar-refractivity contribution is 5.77. The molecule has 2 atom stereocenters. The van der Waals surface area contributed by atoms with Gasteiger partial charge in [-0.1, -0.05) is 37.3 Å². The Hall–Kier alpha value is -2.50. The summed E-state index contributed by atoms with van der Waals surface area (Å²) in [6.07, 6.45) is -3.45. The number of ether oxygens (including phenoxy) is 1. The lowest BCUT2D eigenvalue weighted by molar-refractivity contribution is -0.137. The zero-order chi connectivity index (χ0) is 18.7. The van der Waals surface area contributed by atoms with Crippen molar-refractivity contribution in [3.05, 3.63) is 65.2 Å². The van der Waals surface area contributed by atoms with Crippen molar-refractivity contribution >= 4 is 5.91 Å². The van der Waals surface area contributed by atoms with Crippen LogP contribution in [-0.4, -0.2) is 12.5 Å². The second-order valence-electron chi connectivity index (χ2n) is 6.52. The summed E-state index contributed by atoms with van der Waals surface area (Å²) in [6, 6.07) is 12.5. The predicted molar refractivity (Wildman–Crippen MR) is 91.9 cm³/mol. The molecule has 26 heavy (non-hydrogen) atoms. The van der Waals surface area contributed by atoms with Gasteiger partial charge in [0, 0.05) is 18.4 Å². The molecule has 0 radical (unpaired) electrons. The van der Waals surface area contributed by atoms with Crippen molar-refractivity contribution < 1.29 is 22.7 Å². The molecule has 6 heteroatoms. The molecule has 2 aromatic rings. The van der Waals surface area contributed by atoms with Crippen LogP contribution in [0.2, 0.25) is 0 Å². The van der Waals surface area contributed by atoms with Crippen LogP contribution in [0.25, 0.3) is 0 Å². The second kappa shape index (κ2) is 7.40. The molecule has 1 aliphatic heterocycles. The third kappa shape index (κ3) is 4.18. The molecule has 0 saturated heterocycles. The number of rotatable bonds is 4. The van der Waals surface area contributed by atoms with Crippen molar-refractivity contribution in [2.24, 2.45) is 0 Å². The molecule has 1 aliphatic rings. The number of nitrogens with one attached hydrogen (secondary N) is 1. The van der Waals surface area contributed by atoms with E-state index in [4.69, 9.17) is 4.74 Å². The van der Waals surface area contributed by atoms with E-state index in [2.05, 4.69) is 5.32 Å². The van der Waals surface area contributed by atoms with Crippen LogP contribution in [0.1, 0.15) is 48.4 Å². The fourth-order valence-electron chi connectivity index (χ4n) is 3.14. The molecule has 0 bridgehead atoms. The van der Waals surface area contributed by atoms with E-state index >= 15 is 0 Å². The molecule has 0 spiro atoms. The first-order valence-electron chi connectivity index (χ1n) is 8.53. The van der Waals surface area contributed by atoms with Gasteiger partial charge in [0.25, 0.3) is 0 Å². The first-order chi connectivity index (χ1) is 12.3. The van der Waals surface area contributed by atoms with Gasteiger partial charge in [-0.15, -0.1) is 0 Å². The number of hydrogen-bond donors (Lipinski definition) is 1. The van der Waals surface area contributed by atoms with Crippen molar-refractivity contribution in [3.63, 3.8) is 0 Å². The number of fused-ring (bicyclic) bond motifs is 1. The van der Waals surface area contributed by atoms with Crippen molar-refractivity contribution in [3.8, 4) is 5.75 Å². The molecule has 0 saturated carbocycles. The average molecular weight is 363 g/mol. The molecule has 0 fully saturated rings. The van der Waals surface area contributed by atoms with Gasteiger partial charge >= 0.3 is 6.18 Å². The lowest BCUT2D eigenvalue weighted by atomic mass is 9.95. The Morgan fingerprint density at radius 2 is 1.88 bits per heavy atom. The van der Waals surface area contributed by atoms with Gasteiger partial charge in [0.2, 0.25) is 5.91 Å². The normalized spacial score (nSPS) is 17.8. The monoisotopic (exact) mass is 363 g/mol. The number of benzene rings is 2. The van der Waals surface area contributed by atoms with Crippen LogP contribution in [0.5, 0.6) is 5.75 Å². The van der Waals surface area contributed by atoms with E-state index in [0.717, 1.165) is 23.4 Å². The second-order valence-corrected chi connectivity index (χ2v) is 6.52. The lowest BCUT2D eigenvalue weighted by Gasteiger charge is -2.27. The first kappa shape index (κ1) is 18.3. The molecule has 0 aromatic heterocycles. The largest absolute Gasteiger partial charge is 0.493 e. The van der Waals surface area contributed by atoms with Crippen LogP contribution in [0.3, 0.4) is 0 Å². The summed E-state index contributed by atoms with van der Waals surface area (Å²) in [5.41, 5.74) is 0.978. The fraction of sp³-hybridized carbons (Fsp3) is 0.350. The molecule has 1 heterocycles. The molecular weight excluding hydrogens is 343 g/mol. The quantitative estimate of drug-likeness (QED) is 0.844. The van der Waals surface area contributed by atoms with E-state index in [1.54, 1.807) is 0 Å². The van der Waals surface area contributed by atoms with Crippen LogP contribution < -0.4 is 10.1 Å².